The van der Waals surface area contributed by atoms with Crippen molar-refractivity contribution in [3.05, 3.63) is 0 Å². The molecule has 88 valence electrons. The van der Waals surface area contributed by atoms with E-state index in [2.05, 4.69) is 16.7 Å². The van der Waals surface area contributed by atoms with E-state index in [0.29, 0.717) is 13.2 Å². The average molecular weight is 214 g/mol. The van der Waals surface area contributed by atoms with E-state index >= 15 is 0 Å². The number of hydrogen-bond acceptors (Lipinski definition) is 4. The molecular weight excluding hydrogens is 192 g/mol. The summed E-state index contributed by atoms with van der Waals surface area (Å²) in [5.74, 6) is -0.0959. The van der Waals surface area contributed by atoms with Gasteiger partial charge in [-0.05, 0) is 19.9 Å². The molecule has 0 unspecified atom stereocenters. The minimum atomic E-state index is -0.0959. The molecule has 0 saturated carbocycles. The molecule has 1 aliphatic heterocycles. The van der Waals surface area contributed by atoms with Crippen molar-refractivity contribution in [3.63, 3.8) is 0 Å². The summed E-state index contributed by atoms with van der Waals surface area (Å²) in [7, 11) is 0. The van der Waals surface area contributed by atoms with Gasteiger partial charge in [-0.1, -0.05) is 6.92 Å². The molecule has 0 aromatic rings. The molecule has 0 bridgehead atoms. The first kappa shape index (κ1) is 12.5. The third-order valence-electron chi connectivity index (χ3n) is 2.66. The fourth-order valence-corrected chi connectivity index (χ4v) is 1.88. The lowest BCUT2D eigenvalue weighted by molar-refractivity contribution is -0.144. The molecule has 0 atom stereocenters. The normalized spacial score (nSPS) is 19.1. The minimum absolute atomic E-state index is 0.0959. The zero-order chi connectivity index (χ0) is 11.1. The fraction of sp³-hybridized carbons (Fsp3) is 0.909. The number of hydrogen-bond donors (Lipinski definition) is 0. The van der Waals surface area contributed by atoms with Crippen molar-refractivity contribution in [2.24, 2.45) is 0 Å². The quantitative estimate of drug-likeness (QED) is 0.627. The van der Waals surface area contributed by atoms with Crippen LogP contribution < -0.4 is 0 Å². The van der Waals surface area contributed by atoms with Crippen molar-refractivity contribution in [2.75, 3.05) is 45.9 Å². The Balaban J connectivity index is 2.16. The maximum Gasteiger partial charge on any atom is 0.320 e. The van der Waals surface area contributed by atoms with Gasteiger partial charge in [-0.2, -0.15) is 0 Å². The number of esters is 1. The lowest BCUT2D eigenvalue weighted by Crippen LogP contribution is -2.48. The summed E-state index contributed by atoms with van der Waals surface area (Å²) in [6.45, 7) is 10.3. The second-order valence-corrected chi connectivity index (χ2v) is 3.92. The van der Waals surface area contributed by atoms with Crippen LogP contribution in [0.2, 0.25) is 0 Å². The number of nitrogens with zero attached hydrogens (tertiary/aromatic N) is 2. The third kappa shape index (κ3) is 4.62. The van der Waals surface area contributed by atoms with E-state index < -0.39 is 0 Å². The van der Waals surface area contributed by atoms with Crippen LogP contribution in [-0.4, -0.2) is 61.6 Å². The Labute approximate surface area is 92.2 Å². The van der Waals surface area contributed by atoms with Crippen LogP contribution in [0.25, 0.3) is 0 Å². The fourth-order valence-electron chi connectivity index (χ4n) is 1.88. The average Bonchev–Trinajstić information content (AvgIpc) is 2.22. The summed E-state index contributed by atoms with van der Waals surface area (Å²) >= 11 is 0. The van der Waals surface area contributed by atoms with E-state index in [1.807, 2.05) is 6.92 Å². The van der Waals surface area contributed by atoms with E-state index in [-0.39, 0.29) is 5.97 Å². The Hall–Kier alpha value is -0.610. The molecule has 1 aliphatic rings. The molecule has 0 radical (unpaired) electrons. The van der Waals surface area contributed by atoms with Gasteiger partial charge in [0.1, 0.15) is 0 Å². The summed E-state index contributed by atoms with van der Waals surface area (Å²) < 4.78 is 4.92. The lowest BCUT2D eigenvalue weighted by Gasteiger charge is -2.33. The molecular formula is C11H22N2O2. The van der Waals surface area contributed by atoms with E-state index in [9.17, 15) is 4.79 Å². The van der Waals surface area contributed by atoms with Gasteiger partial charge in [0.2, 0.25) is 0 Å². The monoisotopic (exact) mass is 214 g/mol. The largest absolute Gasteiger partial charge is 0.465 e. The van der Waals surface area contributed by atoms with Crippen LogP contribution in [-0.2, 0) is 9.53 Å². The number of rotatable bonds is 5. The van der Waals surface area contributed by atoms with Crippen LogP contribution in [0.3, 0.4) is 0 Å². The van der Waals surface area contributed by atoms with Gasteiger partial charge in [0, 0.05) is 26.2 Å². The number of ether oxygens (including phenoxy) is 1. The first-order chi connectivity index (χ1) is 7.26. The highest BCUT2D eigenvalue weighted by molar-refractivity contribution is 5.71. The van der Waals surface area contributed by atoms with Crippen LogP contribution >= 0.6 is 0 Å². The van der Waals surface area contributed by atoms with E-state index in [1.165, 1.54) is 13.0 Å². The lowest BCUT2D eigenvalue weighted by atomic mass is 10.3. The van der Waals surface area contributed by atoms with Crippen LogP contribution in [0, 0.1) is 0 Å². The van der Waals surface area contributed by atoms with Gasteiger partial charge in [0.25, 0.3) is 0 Å². The van der Waals surface area contributed by atoms with Gasteiger partial charge in [-0.15, -0.1) is 0 Å². The highest BCUT2D eigenvalue weighted by atomic mass is 16.5. The van der Waals surface area contributed by atoms with Crippen LogP contribution in [0.4, 0.5) is 0 Å². The van der Waals surface area contributed by atoms with Gasteiger partial charge in [0.15, 0.2) is 0 Å². The Morgan fingerprint density at radius 1 is 1.13 bits per heavy atom. The van der Waals surface area contributed by atoms with Crippen molar-refractivity contribution >= 4 is 5.97 Å². The molecule has 15 heavy (non-hydrogen) atoms. The molecule has 0 aliphatic carbocycles. The third-order valence-corrected chi connectivity index (χ3v) is 2.66. The summed E-state index contributed by atoms with van der Waals surface area (Å²) in [5.41, 5.74) is 0. The second kappa shape index (κ2) is 6.80. The molecule has 0 aromatic heterocycles. The number of carbonyl (C=O) groups excluding carboxylic acids is 1. The maximum absolute atomic E-state index is 11.2. The van der Waals surface area contributed by atoms with Gasteiger partial charge in [-0.3, -0.25) is 9.69 Å². The Kier molecular flexibility index (Phi) is 5.65. The second-order valence-electron chi connectivity index (χ2n) is 3.92. The first-order valence-electron chi connectivity index (χ1n) is 5.86. The molecule has 0 N–H and O–H groups in total. The van der Waals surface area contributed by atoms with E-state index in [4.69, 9.17) is 4.74 Å². The zero-order valence-electron chi connectivity index (χ0n) is 9.87. The molecule has 1 heterocycles. The standard InChI is InChI=1S/C11H22N2O2/c1-3-5-12-6-8-13(9-7-12)10-11(14)15-4-2/h3-10H2,1-2H3. The SMILES string of the molecule is CCCN1CCN(CC(=O)OCC)CC1. The summed E-state index contributed by atoms with van der Waals surface area (Å²) in [6, 6.07) is 0. The molecule has 0 amide bonds. The Bertz CT molecular complexity index is 189. The molecule has 1 saturated heterocycles. The van der Waals surface area contributed by atoms with Crippen molar-refractivity contribution in [2.45, 2.75) is 20.3 Å². The minimum Gasteiger partial charge on any atom is -0.465 e. The van der Waals surface area contributed by atoms with Crippen LogP contribution in [0.15, 0.2) is 0 Å². The predicted molar refractivity (Wildman–Crippen MR) is 59.8 cm³/mol. The topological polar surface area (TPSA) is 32.8 Å². The highest BCUT2D eigenvalue weighted by Crippen LogP contribution is 2.02. The van der Waals surface area contributed by atoms with Gasteiger partial charge >= 0.3 is 5.97 Å². The summed E-state index contributed by atoms with van der Waals surface area (Å²) in [5, 5.41) is 0. The van der Waals surface area contributed by atoms with Gasteiger partial charge in [-0.25, -0.2) is 0 Å². The molecule has 1 fully saturated rings. The molecule has 0 spiro atoms. The van der Waals surface area contributed by atoms with Crippen molar-refractivity contribution in [3.8, 4) is 0 Å². The van der Waals surface area contributed by atoms with Crippen LogP contribution in [0.1, 0.15) is 20.3 Å². The molecule has 1 rings (SSSR count). The summed E-state index contributed by atoms with van der Waals surface area (Å²) in [4.78, 5) is 15.9. The molecule has 0 aromatic carbocycles. The van der Waals surface area contributed by atoms with Gasteiger partial charge in [0.05, 0.1) is 13.2 Å². The summed E-state index contributed by atoms with van der Waals surface area (Å²) in [6.07, 6.45) is 1.21. The van der Waals surface area contributed by atoms with Crippen molar-refractivity contribution < 1.29 is 9.53 Å². The van der Waals surface area contributed by atoms with Crippen molar-refractivity contribution in [1.82, 2.24) is 9.80 Å². The van der Waals surface area contributed by atoms with E-state index in [1.54, 1.807) is 0 Å². The number of carbonyl (C=O) groups is 1. The zero-order valence-corrected chi connectivity index (χ0v) is 9.87. The van der Waals surface area contributed by atoms with E-state index in [0.717, 1.165) is 26.2 Å². The maximum atomic E-state index is 11.2. The smallest absolute Gasteiger partial charge is 0.320 e. The highest BCUT2D eigenvalue weighted by Gasteiger charge is 2.18. The first-order valence-corrected chi connectivity index (χ1v) is 5.86. The number of piperazine rings is 1. The van der Waals surface area contributed by atoms with Gasteiger partial charge < -0.3 is 9.64 Å². The predicted octanol–water partition coefficient (Wildman–Crippen LogP) is 0.577. The Morgan fingerprint density at radius 2 is 1.73 bits per heavy atom. The van der Waals surface area contributed by atoms with Crippen LogP contribution in [0.5, 0.6) is 0 Å². The van der Waals surface area contributed by atoms with Crippen molar-refractivity contribution in [1.29, 1.82) is 0 Å². The molecule has 4 heteroatoms. The Morgan fingerprint density at radius 3 is 2.27 bits per heavy atom. The molecule has 4 nitrogen and oxygen atoms in total.